The zero-order valence-corrected chi connectivity index (χ0v) is 12.2. The van der Waals surface area contributed by atoms with Crippen molar-refractivity contribution in [1.82, 2.24) is 4.90 Å². The number of hydrogen-bond acceptors (Lipinski definition) is 6. The summed E-state index contributed by atoms with van der Waals surface area (Å²) in [6.45, 7) is 0. The van der Waals surface area contributed by atoms with Gasteiger partial charge in [0.15, 0.2) is 0 Å². The molecule has 1 aromatic carbocycles. The first-order valence-corrected chi connectivity index (χ1v) is 7.74. The predicted molar refractivity (Wildman–Crippen MR) is 76.6 cm³/mol. The van der Waals surface area contributed by atoms with Crippen molar-refractivity contribution in [1.29, 1.82) is 0 Å². The van der Waals surface area contributed by atoms with E-state index in [-0.39, 0.29) is 28.8 Å². The summed E-state index contributed by atoms with van der Waals surface area (Å²) in [5, 5.41) is 7.93. The molecule has 8 nitrogen and oxygen atoms in total. The van der Waals surface area contributed by atoms with Gasteiger partial charge in [-0.2, -0.15) is 0 Å². The highest BCUT2D eigenvalue weighted by atomic mass is 32.2. The lowest BCUT2D eigenvalue weighted by atomic mass is 10.0. The van der Waals surface area contributed by atoms with Gasteiger partial charge >= 0.3 is 0 Å². The van der Waals surface area contributed by atoms with Gasteiger partial charge in [-0.25, -0.2) is 13.6 Å². The zero-order valence-electron chi connectivity index (χ0n) is 11.4. The Balaban J connectivity index is 2.27. The van der Waals surface area contributed by atoms with Crippen molar-refractivity contribution in [2.45, 2.75) is 23.8 Å². The van der Waals surface area contributed by atoms with Gasteiger partial charge in [0, 0.05) is 13.5 Å². The van der Waals surface area contributed by atoms with Crippen LogP contribution in [-0.2, 0) is 19.6 Å². The van der Waals surface area contributed by atoms with Gasteiger partial charge in [-0.3, -0.25) is 14.5 Å². The molecule has 0 saturated carbocycles. The summed E-state index contributed by atoms with van der Waals surface area (Å²) >= 11 is 0. The molecule has 1 aromatic rings. The Hall–Kier alpha value is -2.13. The first-order valence-electron chi connectivity index (χ1n) is 6.19. The van der Waals surface area contributed by atoms with Gasteiger partial charge in [-0.05, 0) is 24.6 Å². The number of imide groups is 1. The van der Waals surface area contributed by atoms with Crippen LogP contribution in [0.2, 0.25) is 0 Å². The lowest BCUT2D eigenvalue weighted by Crippen LogP contribution is -2.48. The molecule has 9 heteroatoms. The number of hydrogen-bond donors (Lipinski definition) is 3. The summed E-state index contributed by atoms with van der Waals surface area (Å²) < 4.78 is 22.7. The number of sulfonamides is 1. The molecule has 1 aliphatic heterocycles. The lowest BCUT2D eigenvalue weighted by Gasteiger charge is -2.29. The minimum absolute atomic E-state index is 0.105. The molecular formula is C12H16N4O4S. The number of nitrogen functional groups attached to an aromatic ring is 1. The van der Waals surface area contributed by atoms with Crippen molar-refractivity contribution >= 4 is 33.2 Å². The molecule has 0 bridgehead atoms. The lowest BCUT2D eigenvalue weighted by molar-refractivity contribution is -0.146. The van der Waals surface area contributed by atoms with E-state index in [9.17, 15) is 18.0 Å². The molecule has 21 heavy (non-hydrogen) atoms. The molecule has 0 aliphatic carbocycles. The topological polar surface area (TPSA) is 136 Å². The number of benzene rings is 1. The average molecular weight is 312 g/mol. The van der Waals surface area contributed by atoms with Gasteiger partial charge in [0.25, 0.3) is 5.91 Å². The van der Waals surface area contributed by atoms with Crippen LogP contribution in [0.25, 0.3) is 0 Å². The van der Waals surface area contributed by atoms with Crippen LogP contribution in [-0.4, -0.2) is 38.2 Å². The normalized spacial score (nSPS) is 19.7. The molecule has 2 rings (SSSR count). The van der Waals surface area contributed by atoms with E-state index in [4.69, 9.17) is 10.9 Å². The smallest absolute Gasteiger partial charge is 0.251 e. The number of likely N-dealkylation sites (tertiary alicyclic amines) is 1. The minimum Gasteiger partial charge on any atom is -0.397 e. The summed E-state index contributed by atoms with van der Waals surface area (Å²) in [5.74, 6) is -0.629. The van der Waals surface area contributed by atoms with Gasteiger partial charge in [0.2, 0.25) is 15.9 Å². The van der Waals surface area contributed by atoms with Crippen LogP contribution >= 0.6 is 0 Å². The second kappa shape index (κ2) is 5.34. The third kappa shape index (κ3) is 3.14. The van der Waals surface area contributed by atoms with Gasteiger partial charge in [-0.15, -0.1) is 0 Å². The van der Waals surface area contributed by atoms with Crippen molar-refractivity contribution in [3.05, 3.63) is 18.2 Å². The van der Waals surface area contributed by atoms with E-state index in [0.717, 1.165) is 4.90 Å². The SMILES string of the molecule is CN1C(=O)CCC(Nc2cc(S(N)(=O)=O)ccc2N)C1=O. The number of likely N-dealkylation sites (N-methyl/N-ethyl adjacent to an activating group) is 1. The monoisotopic (exact) mass is 312 g/mol. The van der Waals surface area contributed by atoms with Crippen LogP contribution in [0, 0.1) is 0 Å². The minimum atomic E-state index is -3.86. The second-order valence-electron chi connectivity index (χ2n) is 4.82. The van der Waals surface area contributed by atoms with E-state index in [0.29, 0.717) is 12.1 Å². The van der Waals surface area contributed by atoms with E-state index in [2.05, 4.69) is 5.32 Å². The van der Waals surface area contributed by atoms with Crippen LogP contribution in [0.15, 0.2) is 23.1 Å². The Kier molecular flexibility index (Phi) is 3.88. The molecule has 2 amide bonds. The van der Waals surface area contributed by atoms with Crippen LogP contribution < -0.4 is 16.2 Å². The second-order valence-corrected chi connectivity index (χ2v) is 6.38. The number of carbonyl (C=O) groups excluding carboxylic acids is 2. The molecule has 1 unspecified atom stereocenters. The fraction of sp³-hybridized carbons (Fsp3) is 0.333. The van der Waals surface area contributed by atoms with Gasteiger partial charge < -0.3 is 11.1 Å². The number of carbonyl (C=O) groups is 2. The maximum Gasteiger partial charge on any atom is 0.251 e. The number of piperidine rings is 1. The molecule has 0 aromatic heterocycles. The number of primary sulfonamides is 1. The number of nitrogens with two attached hydrogens (primary N) is 2. The van der Waals surface area contributed by atoms with Crippen molar-refractivity contribution in [2.75, 3.05) is 18.1 Å². The zero-order chi connectivity index (χ0) is 15.8. The van der Waals surface area contributed by atoms with Gasteiger partial charge in [0.05, 0.1) is 16.3 Å². The molecule has 1 atom stereocenters. The van der Waals surface area contributed by atoms with E-state index in [1.54, 1.807) is 0 Å². The Morgan fingerprint density at radius 2 is 2.00 bits per heavy atom. The molecule has 1 fully saturated rings. The summed E-state index contributed by atoms with van der Waals surface area (Å²) in [4.78, 5) is 24.3. The van der Waals surface area contributed by atoms with Crippen LogP contribution in [0.3, 0.4) is 0 Å². The maximum atomic E-state index is 12.0. The Morgan fingerprint density at radius 3 is 2.62 bits per heavy atom. The molecule has 5 N–H and O–H groups in total. The highest BCUT2D eigenvalue weighted by molar-refractivity contribution is 7.89. The highest BCUT2D eigenvalue weighted by Crippen LogP contribution is 2.25. The third-order valence-electron chi connectivity index (χ3n) is 3.33. The number of nitrogens with one attached hydrogen (secondary N) is 1. The summed E-state index contributed by atoms with van der Waals surface area (Å²) in [6.07, 6.45) is 0.551. The molecule has 0 spiro atoms. The molecule has 114 valence electrons. The summed E-state index contributed by atoms with van der Waals surface area (Å²) in [5.41, 5.74) is 6.35. The van der Waals surface area contributed by atoms with Crippen molar-refractivity contribution < 1.29 is 18.0 Å². The number of rotatable bonds is 3. The van der Waals surface area contributed by atoms with Crippen LogP contribution in [0.4, 0.5) is 11.4 Å². The summed E-state index contributed by atoms with van der Waals surface area (Å²) in [7, 11) is -2.46. The third-order valence-corrected chi connectivity index (χ3v) is 4.24. The quantitative estimate of drug-likeness (QED) is 0.507. The number of nitrogens with zero attached hydrogens (tertiary/aromatic N) is 1. The fourth-order valence-corrected chi connectivity index (χ4v) is 2.61. The standard InChI is InChI=1S/C12H16N4O4S/c1-16-11(17)5-4-9(12(16)18)15-10-6-7(21(14,19)20)2-3-8(10)13/h2-3,6,9,15H,4-5,13H2,1H3,(H2,14,19,20). The first-order chi connectivity index (χ1) is 9.70. The molecule has 0 radical (unpaired) electrons. The molecule has 1 aliphatic rings. The van der Waals surface area contributed by atoms with Crippen molar-refractivity contribution in [3.63, 3.8) is 0 Å². The van der Waals surface area contributed by atoms with Crippen molar-refractivity contribution in [2.24, 2.45) is 5.14 Å². The van der Waals surface area contributed by atoms with Gasteiger partial charge in [0.1, 0.15) is 6.04 Å². The Bertz CT molecular complexity index is 701. The maximum absolute atomic E-state index is 12.0. The predicted octanol–water partition coefficient (Wildman–Crippen LogP) is -0.524. The highest BCUT2D eigenvalue weighted by Gasteiger charge is 2.32. The van der Waals surface area contributed by atoms with E-state index in [1.165, 1.54) is 25.2 Å². The molecular weight excluding hydrogens is 296 g/mol. The van der Waals surface area contributed by atoms with Gasteiger partial charge in [-0.1, -0.05) is 0 Å². The average Bonchev–Trinajstić information content (AvgIpc) is 2.40. The van der Waals surface area contributed by atoms with Crippen LogP contribution in [0.1, 0.15) is 12.8 Å². The largest absolute Gasteiger partial charge is 0.397 e. The first kappa shape index (κ1) is 15.3. The van der Waals surface area contributed by atoms with E-state index < -0.39 is 16.1 Å². The Labute approximate surface area is 122 Å². The fourth-order valence-electron chi connectivity index (χ4n) is 2.07. The molecule has 1 heterocycles. The number of amides is 2. The van der Waals surface area contributed by atoms with Crippen molar-refractivity contribution in [3.8, 4) is 0 Å². The van der Waals surface area contributed by atoms with E-state index >= 15 is 0 Å². The molecule has 1 saturated heterocycles. The summed E-state index contributed by atoms with van der Waals surface area (Å²) in [6, 6.07) is 3.32. The Morgan fingerprint density at radius 1 is 1.33 bits per heavy atom. The number of anilines is 2. The van der Waals surface area contributed by atoms with Crippen LogP contribution in [0.5, 0.6) is 0 Å². The van der Waals surface area contributed by atoms with E-state index in [1.807, 2.05) is 0 Å².